The Morgan fingerprint density at radius 2 is 2.00 bits per heavy atom. The molecule has 0 aliphatic carbocycles. The van der Waals surface area contributed by atoms with Gasteiger partial charge in [0.25, 0.3) is 0 Å². The molecule has 0 unspecified atom stereocenters. The molecule has 1 aromatic heterocycles. The Hall–Kier alpha value is -2.37. The van der Waals surface area contributed by atoms with Crippen molar-refractivity contribution in [3.05, 3.63) is 70.1 Å². The summed E-state index contributed by atoms with van der Waals surface area (Å²) in [7, 11) is 0. The highest BCUT2D eigenvalue weighted by Crippen LogP contribution is 2.30. The molecule has 6 heteroatoms. The predicted molar refractivity (Wildman–Crippen MR) is 116 cm³/mol. The van der Waals surface area contributed by atoms with Crippen molar-refractivity contribution in [1.82, 2.24) is 4.98 Å². The Morgan fingerprint density at radius 1 is 1.21 bits per heavy atom. The van der Waals surface area contributed by atoms with Crippen LogP contribution < -0.4 is 4.90 Å². The van der Waals surface area contributed by atoms with E-state index in [1.807, 2.05) is 55.6 Å². The summed E-state index contributed by atoms with van der Waals surface area (Å²) in [6.07, 6.45) is 0.325. The predicted octanol–water partition coefficient (Wildman–Crippen LogP) is 5.73. The van der Waals surface area contributed by atoms with Crippen LogP contribution in [0.2, 0.25) is 5.02 Å². The molecule has 0 saturated heterocycles. The van der Waals surface area contributed by atoms with Crippen LogP contribution in [0.4, 0.5) is 5.13 Å². The number of carbonyl (C=O) groups excluding carboxylic acids is 1. The van der Waals surface area contributed by atoms with E-state index in [0.29, 0.717) is 26.1 Å². The third-order valence-electron chi connectivity index (χ3n) is 4.34. The quantitative estimate of drug-likeness (QED) is 0.441. The Labute approximate surface area is 174 Å². The van der Waals surface area contributed by atoms with Gasteiger partial charge in [-0.25, -0.2) is 4.98 Å². The standard InChI is InChI=1S/C22H23ClN2O2S/c1-3-27-21(26)11-12-25(14-17-7-5-4-6-8-17)22-24-20(15-28-22)18-10-9-16(2)19(23)13-18/h4-10,13,15H,3,11-12,14H2,1-2H3. The van der Waals surface area contributed by atoms with Crippen LogP contribution in [0.3, 0.4) is 0 Å². The molecule has 0 N–H and O–H groups in total. The van der Waals surface area contributed by atoms with Gasteiger partial charge < -0.3 is 9.64 Å². The topological polar surface area (TPSA) is 42.4 Å². The summed E-state index contributed by atoms with van der Waals surface area (Å²) in [6.45, 7) is 5.43. The van der Waals surface area contributed by atoms with Gasteiger partial charge in [0.1, 0.15) is 0 Å². The van der Waals surface area contributed by atoms with Gasteiger partial charge in [0.05, 0.1) is 18.7 Å². The minimum atomic E-state index is -0.192. The fourth-order valence-electron chi connectivity index (χ4n) is 2.80. The Morgan fingerprint density at radius 3 is 2.71 bits per heavy atom. The van der Waals surface area contributed by atoms with Gasteiger partial charge in [-0.15, -0.1) is 11.3 Å². The third kappa shape index (κ3) is 5.33. The monoisotopic (exact) mass is 414 g/mol. The van der Waals surface area contributed by atoms with Gasteiger partial charge in [-0.05, 0) is 31.0 Å². The number of anilines is 1. The van der Waals surface area contributed by atoms with Crippen molar-refractivity contribution in [3.63, 3.8) is 0 Å². The van der Waals surface area contributed by atoms with Gasteiger partial charge in [-0.3, -0.25) is 4.79 Å². The molecule has 0 fully saturated rings. The number of rotatable bonds is 8. The van der Waals surface area contributed by atoms with Gasteiger partial charge in [0.2, 0.25) is 0 Å². The van der Waals surface area contributed by atoms with Crippen LogP contribution >= 0.6 is 22.9 Å². The fourth-order valence-corrected chi connectivity index (χ4v) is 3.84. The first-order chi connectivity index (χ1) is 13.6. The molecule has 2 aromatic carbocycles. The minimum Gasteiger partial charge on any atom is -0.466 e. The van der Waals surface area contributed by atoms with Gasteiger partial charge in [-0.1, -0.05) is 54.1 Å². The van der Waals surface area contributed by atoms with E-state index in [4.69, 9.17) is 21.3 Å². The van der Waals surface area contributed by atoms with Crippen LogP contribution in [-0.4, -0.2) is 24.1 Å². The molecule has 0 aliphatic heterocycles. The molecule has 0 aliphatic rings. The molecule has 0 saturated carbocycles. The lowest BCUT2D eigenvalue weighted by Gasteiger charge is -2.21. The molecule has 28 heavy (non-hydrogen) atoms. The van der Waals surface area contributed by atoms with Gasteiger partial charge in [0, 0.05) is 29.1 Å². The number of aromatic nitrogens is 1. The molecule has 3 aromatic rings. The number of thiazole rings is 1. The van der Waals surface area contributed by atoms with Gasteiger partial charge >= 0.3 is 5.97 Å². The van der Waals surface area contributed by atoms with Crippen LogP contribution in [0.5, 0.6) is 0 Å². The highest BCUT2D eigenvalue weighted by Gasteiger charge is 2.15. The van der Waals surface area contributed by atoms with E-state index in [0.717, 1.165) is 27.0 Å². The number of nitrogens with zero attached hydrogens (tertiary/aromatic N) is 2. The first kappa shape index (κ1) is 20.4. The Bertz CT molecular complexity index is 927. The van der Waals surface area contributed by atoms with E-state index >= 15 is 0 Å². The summed E-state index contributed by atoms with van der Waals surface area (Å²) < 4.78 is 5.08. The number of aryl methyl sites for hydroxylation is 1. The zero-order valence-electron chi connectivity index (χ0n) is 16.0. The zero-order valence-corrected chi connectivity index (χ0v) is 17.6. The van der Waals surface area contributed by atoms with Crippen LogP contribution in [0.15, 0.2) is 53.9 Å². The van der Waals surface area contributed by atoms with E-state index in [1.54, 1.807) is 11.3 Å². The highest BCUT2D eigenvalue weighted by atomic mass is 35.5. The molecule has 1 heterocycles. The lowest BCUT2D eigenvalue weighted by molar-refractivity contribution is -0.142. The van der Waals surface area contributed by atoms with Crippen molar-refractivity contribution in [2.45, 2.75) is 26.8 Å². The number of hydrogen-bond donors (Lipinski definition) is 0. The lowest BCUT2D eigenvalue weighted by atomic mass is 10.1. The lowest BCUT2D eigenvalue weighted by Crippen LogP contribution is -2.26. The maximum absolute atomic E-state index is 11.8. The number of benzene rings is 2. The first-order valence-corrected chi connectivity index (χ1v) is 10.5. The Balaban J connectivity index is 1.81. The second-order valence-corrected chi connectivity index (χ2v) is 7.69. The summed E-state index contributed by atoms with van der Waals surface area (Å²) in [5, 5.41) is 3.63. The third-order valence-corrected chi connectivity index (χ3v) is 5.65. The summed E-state index contributed by atoms with van der Waals surface area (Å²) in [6, 6.07) is 16.1. The number of ether oxygens (including phenoxy) is 1. The number of hydrogen-bond acceptors (Lipinski definition) is 5. The Kier molecular flexibility index (Phi) is 7.06. The minimum absolute atomic E-state index is 0.192. The van der Waals surface area contributed by atoms with Crippen LogP contribution in [0.25, 0.3) is 11.3 Å². The van der Waals surface area contributed by atoms with E-state index in [1.165, 1.54) is 5.56 Å². The second-order valence-electron chi connectivity index (χ2n) is 6.44. The maximum atomic E-state index is 11.8. The summed E-state index contributed by atoms with van der Waals surface area (Å²) in [5.74, 6) is -0.192. The molecule has 0 amide bonds. The highest BCUT2D eigenvalue weighted by molar-refractivity contribution is 7.14. The summed E-state index contributed by atoms with van der Waals surface area (Å²) in [5.41, 5.74) is 4.08. The second kappa shape index (κ2) is 9.71. The number of halogens is 1. The molecule has 0 atom stereocenters. The molecular weight excluding hydrogens is 392 g/mol. The average Bonchev–Trinajstić information content (AvgIpc) is 3.18. The first-order valence-electron chi connectivity index (χ1n) is 9.23. The SMILES string of the molecule is CCOC(=O)CCN(Cc1ccccc1)c1nc(-c2ccc(C)c(Cl)c2)cs1. The summed E-state index contributed by atoms with van der Waals surface area (Å²) in [4.78, 5) is 18.8. The van der Waals surface area contributed by atoms with Crippen molar-refractivity contribution in [2.75, 3.05) is 18.1 Å². The van der Waals surface area contributed by atoms with E-state index in [9.17, 15) is 4.79 Å². The van der Waals surface area contributed by atoms with Gasteiger partial charge in [0.15, 0.2) is 5.13 Å². The van der Waals surface area contributed by atoms with Crippen LogP contribution in [0.1, 0.15) is 24.5 Å². The van der Waals surface area contributed by atoms with Crippen LogP contribution in [0, 0.1) is 6.92 Å². The van der Waals surface area contributed by atoms with Crippen molar-refractivity contribution in [3.8, 4) is 11.3 Å². The fraction of sp³-hybridized carbons (Fsp3) is 0.273. The van der Waals surface area contributed by atoms with E-state index in [-0.39, 0.29) is 5.97 Å². The molecule has 0 spiro atoms. The smallest absolute Gasteiger partial charge is 0.307 e. The maximum Gasteiger partial charge on any atom is 0.307 e. The molecule has 0 radical (unpaired) electrons. The number of carbonyl (C=O) groups is 1. The summed E-state index contributed by atoms with van der Waals surface area (Å²) >= 11 is 7.83. The van der Waals surface area contributed by atoms with Crippen molar-refractivity contribution in [2.24, 2.45) is 0 Å². The molecule has 3 rings (SSSR count). The molecule has 4 nitrogen and oxygen atoms in total. The zero-order chi connectivity index (χ0) is 19.9. The van der Waals surface area contributed by atoms with Gasteiger partial charge in [-0.2, -0.15) is 0 Å². The normalized spacial score (nSPS) is 10.7. The average molecular weight is 415 g/mol. The van der Waals surface area contributed by atoms with Crippen molar-refractivity contribution in [1.29, 1.82) is 0 Å². The molecular formula is C22H23ClN2O2S. The van der Waals surface area contributed by atoms with E-state index < -0.39 is 0 Å². The van der Waals surface area contributed by atoms with E-state index in [2.05, 4.69) is 17.0 Å². The van der Waals surface area contributed by atoms with Crippen LogP contribution in [-0.2, 0) is 16.1 Å². The molecule has 0 bridgehead atoms. The van der Waals surface area contributed by atoms with Crippen molar-refractivity contribution < 1.29 is 9.53 Å². The largest absolute Gasteiger partial charge is 0.466 e. The number of esters is 1. The molecule has 146 valence electrons. The van der Waals surface area contributed by atoms with Crippen molar-refractivity contribution >= 4 is 34.0 Å².